The van der Waals surface area contributed by atoms with Crippen LogP contribution in [0.1, 0.15) is 30.1 Å². The van der Waals surface area contributed by atoms with Gasteiger partial charge in [-0.05, 0) is 31.0 Å². The minimum absolute atomic E-state index is 0.0970. The Bertz CT molecular complexity index is 393. The Kier molecular flexibility index (Phi) is 4.78. The number of carbonyl (C=O) groups is 1. The van der Waals surface area contributed by atoms with Crippen LogP contribution in [0.15, 0.2) is 18.2 Å². The van der Waals surface area contributed by atoms with E-state index < -0.39 is 5.91 Å². The van der Waals surface area contributed by atoms with Gasteiger partial charge in [0.25, 0.3) is 5.91 Å². The fourth-order valence-corrected chi connectivity index (χ4v) is 1.65. The molecule has 5 heteroatoms. The predicted molar refractivity (Wildman–Crippen MR) is 68.8 cm³/mol. The fraction of sp³-hybridized carbons (Fsp3) is 0.417. The van der Waals surface area contributed by atoms with Crippen molar-refractivity contribution in [3.05, 3.63) is 23.8 Å². The molecule has 5 nitrogen and oxygen atoms in total. The van der Waals surface area contributed by atoms with E-state index in [9.17, 15) is 4.79 Å². The lowest BCUT2D eigenvalue weighted by atomic mass is 10.1. The zero-order chi connectivity index (χ0) is 12.8. The summed E-state index contributed by atoms with van der Waals surface area (Å²) >= 11 is 0. The van der Waals surface area contributed by atoms with Crippen LogP contribution in [0.2, 0.25) is 0 Å². The molecule has 6 N–H and O–H groups in total. The molecule has 1 amide bonds. The number of hydrogen-bond donors (Lipinski definition) is 4. The molecule has 1 unspecified atom stereocenters. The Morgan fingerprint density at radius 3 is 2.76 bits per heavy atom. The Morgan fingerprint density at radius 1 is 1.53 bits per heavy atom. The van der Waals surface area contributed by atoms with Crippen molar-refractivity contribution in [3.8, 4) is 0 Å². The van der Waals surface area contributed by atoms with Crippen LogP contribution in [0.25, 0.3) is 0 Å². The summed E-state index contributed by atoms with van der Waals surface area (Å²) in [6, 6.07) is 5.02. The van der Waals surface area contributed by atoms with E-state index in [2.05, 4.69) is 5.32 Å². The molecule has 0 aromatic heterocycles. The number of hydrogen-bond acceptors (Lipinski definition) is 4. The van der Waals surface area contributed by atoms with Crippen LogP contribution in [0.5, 0.6) is 0 Å². The number of benzene rings is 1. The van der Waals surface area contributed by atoms with Gasteiger partial charge in [-0.1, -0.05) is 6.92 Å². The zero-order valence-corrected chi connectivity index (χ0v) is 9.94. The summed E-state index contributed by atoms with van der Waals surface area (Å²) in [7, 11) is 0. The molecule has 0 aliphatic carbocycles. The standard InChI is InChI=1S/C12H19N3O2/c1-2-9(5-6-16)15-11-7-8(13)3-4-10(11)12(14)17/h3-4,7,9,15-16H,2,5-6,13H2,1H3,(H2,14,17). The molecule has 0 saturated carbocycles. The summed E-state index contributed by atoms with van der Waals surface area (Å²) in [5, 5.41) is 12.1. The summed E-state index contributed by atoms with van der Waals surface area (Å²) < 4.78 is 0. The number of amides is 1. The first kappa shape index (κ1) is 13.3. The number of nitrogens with two attached hydrogens (primary N) is 2. The maximum absolute atomic E-state index is 11.3. The fourth-order valence-electron chi connectivity index (χ4n) is 1.65. The third-order valence-corrected chi connectivity index (χ3v) is 2.64. The van der Waals surface area contributed by atoms with E-state index in [1.165, 1.54) is 0 Å². The molecule has 1 atom stereocenters. The van der Waals surface area contributed by atoms with Gasteiger partial charge in [-0.15, -0.1) is 0 Å². The largest absolute Gasteiger partial charge is 0.399 e. The van der Waals surface area contributed by atoms with E-state index in [-0.39, 0.29) is 12.6 Å². The van der Waals surface area contributed by atoms with Crippen molar-refractivity contribution in [3.63, 3.8) is 0 Å². The second-order valence-corrected chi connectivity index (χ2v) is 3.93. The minimum atomic E-state index is -0.494. The van der Waals surface area contributed by atoms with Crippen molar-refractivity contribution >= 4 is 17.3 Å². The lowest BCUT2D eigenvalue weighted by Gasteiger charge is -2.19. The van der Waals surface area contributed by atoms with E-state index in [1.807, 2.05) is 6.92 Å². The van der Waals surface area contributed by atoms with Crippen molar-refractivity contribution in [2.75, 3.05) is 17.7 Å². The highest BCUT2D eigenvalue weighted by atomic mass is 16.3. The average Bonchev–Trinajstić information content (AvgIpc) is 2.28. The van der Waals surface area contributed by atoms with Crippen molar-refractivity contribution in [1.82, 2.24) is 0 Å². The second-order valence-electron chi connectivity index (χ2n) is 3.93. The van der Waals surface area contributed by atoms with E-state index in [4.69, 9.17) is 16.6 Å². The van der Waals surface area contributed by atoms with Gasteiger partial charge in [0.2, 0.25) is 0 Å². The summed E-state index contributed by atoms with van der Waals surface area (Å²) in [4.78, 5) is 11.3. The maximum atomic E-state index is 11.3. The van der Waals surface area contributed by atoms with Gasteiger partial charge < -0.3 is 21.9 Å². The molecule has 0 fully saturated rings. The number of anilines is 2. The molecule has 1 aromatic rings. The molecule has 0 spiro atoms. The number of carbonyl (C=O) groups excluding carboxylic acids is 1. The van der Waals surface area contributed by atoms with Gasteiger partial charge in [0.15, 0.2) is 0 Å². The summed E-state index contributed by atoms with van der Waals surface area (Å²) in [5.74, 6) is -0.494. The van der Waals surface area contributed by atoms with Gasteiger partial charge in [-0.3, -0.25) is 4.79 Å². The molecule has 0 saturated heterocycles. The van der Waals surface area contributed by atoms with E-state index in [0.717, 1.165) is 6.42 Å². The van der Waals surface area contributed by atoms with Crippen LogP contribution in [0.4, 0.5) is 11.4 Å². The molecule has 0 aliphatic rings. The third kappa shape index (κ3) is 3.64. The van der Waals surface area contributed by atoms with Crippen LogP contribution >= 0.6 is 0 Å². The predicted octanol–water partition coefficient (Wildman–Crippen LogP) is 0.941. The molecule has 0 aliphatic heterocycles. The van der Waals surface area contributed by atoms with Crippen molar-refractivity contribution in [1.29, 1.82) is 0 Å². The van der Waals surface area contributed by atoms with E-state index in [0.29, 0.717) is 23.4 Å². The zero-order valence-electron chi connectivity index (χ0n) is 9.94. The number of nitrogens with one attached hydrogen (secondary N) is 1. The van der Waals surface area contributed by atoms with Crippen molar-refractivity contribution < 1.29 is 9.90 Å². The number of rotatable bonds is 6. The molecular formula is C12H19N3O2. The molecule has 17 heavy (non-hydrogen) atoms. The topological polar surface area (TPSA) is 101 Å². The van der Waals surface area contributed by atoms with Crippen LogP contribution < -0.4 is 16.8 Å². The number of primary amides is 1. The summed E-state index contributed by atoms with van der Waals surface area (Å²) in [6.45, 7) is 2.10. The number of nitrogen functional groups attached to an aromatic ring is 1. The normalized spacial score (nSPS) is 12.1. The van der Waals surface area contributed by atoms with Crippen LogP contribution in [0, 0.1) is 0 Å². The highest BCUT2D eigenvalue weighted by Crippen LogP contribution is 2.21. The van der Waals surface area contributed by atoms with Crippen LogP contribution in [-0.2, 0) is 0 Å². The Labute approximate surface area is 101 Å². The molecular weight excluding hydrogens is 218 g/mol. The first-order valence-corrected chi connectivity index (χ1v) is 5.65. The molecule has 1 rings (SSSR count). The summed E-state index contributed by atoms with van der Waals surface area (Å²) in [6.07, 6.45) is 1.46. The Balaban J connectivity index is 2.94. The first-order chi connectivity index (χ1) is 8.08. The Morgan fingerprint density at radius 2 is 2.24 bits per heavy atom. The van der Waals surface area contributed by atoms with E-state index in [1.54, 1.807) is 18.2 Å². The molecule has 0 bridgehead atoms. The van der Waals surface area contributed by atoms with Crippen LogP contribution in [0.3, 0.4) is 0 Å². The number of aliphatic hydroxyl groups excluding tert-OH is 1. The molecule has 0 heterocycles. The molecule has 1 aromatic carbocycles. The van der Waals surface area contributed by atoms with Gasteiger partial charge in [0.05, 0.1) is 5.56 Å². The Hall–Kier alpha value is -1.75. The molecule has 94 valence electrons. The highest BCUT2D eigenvalue weighted by Gasteiger charge is 2.12. The van der Waals surface area contributed by atoms with Gasteiger partial charge in [0.1, 0.15) is 0 Å². The van der Waals surface area contributed by atoms with E-state index >= 15 is 0 Å². The van der Waals surface area contributed by atoms with Crippen LogP contribution in [-0.4, -0.2) is 23.7 Å². The maximum Gasteiger partial charge on any atom is 0.250 e. The third-order valence-electron chi connectivity index (χ3n) is 2.64. The quantitative estimate of drug-likeness (QED) is 0.553. The smallest absolute Gasteiger partial charge is 0.250 e. The first-order valence-electron chi connectivity index (χ1n) is 5.65. The van der Waals surface area contributed by atoms with Gasteiger partial charge in [0, 0.05) is 24.0 Å². The van der Waals surface area contributed by atoms with Gasteiger partial charge >= 0.3 is 0 Å². The second kappa shape index (κ2) is 6.10. The van der Waals surface area contributed by atoms with Crippen molar-refractivity contribution in [2.45, 2.75) is 25.8 Å². The lowest BCUT2D eigenvalue weighted by Crippen LogP contribution is -2.23. The minimum Gasteiger partial charge on any atom is -0.399 e. The van der Waals surface area contributed by atoms with Crippen molar-refractivity contribution in [2.24, 2.45) is 5.73 Å². The highest BCUT2D eigenvalue weighted by molar-refractivity contribution is 5.99. The summed E-state index contributed by atoms with van der Waals surface area (Å²) in [5.41, 5.74) is 12.6. The van der Waals surface area contributed by atoms with Gasteiger partial charge in [-0.25, -0.2) is 0 Å². The monoisotopic (exact) mass is 237 g/mol. The number of aliphatic hydroxyl groups is 1. The SMILES string of the molecule is CCC(CCO)Nc1cc(N)ccc1C(N)=O. The molecule has 0 radical (unpaired) electrons. The lowest BCUT2D eigenvalue weighted by molar-refractivity contribution is 0.100. The van der Waals surface area contributed by atoms with Gasteiger partial charge in [-0.2, -0.15) is 0 Å². The average molecular weight is 237 g/mol.